The highest BCUT2D eigenvalue weighted by atomic mass is 32.2. The van der Waals surface area contributed by atoms with E-state index in [4.69, 9.17) is 0 Å². The molecule has 1 aliphatic carbocycles. The van der Waals surface area contributed by atoms with Gasteiger partial charge in [-0.2, -0.15) is 11.8 Å². The SMILES string of the molecule is CSC1CCCC1Nc1ccc(C)c([N+](=O)[O-])c1. The van der Waals surface area contributed by atoms with Crippen LogP contribution >= 0.6 is 11.8 Å². The van der Waals surface area contributed by atoms with Crippen molar-refractivity contribution in [3.05, 3.63) is 33.9 Å². The number of hydrogen-bond donors (Lipinski definition) is 1. The molecule has 1 fully saturated rings. The minimum absolute atomic E-state index is 0.193. The van der Waals surface area contributed by atoms with E-state index in [0.717, 1.165) is 12.1 Å². The molecule has 0 heterocycles. The zero-order valence-electron chi connectivity index (χ0n) is 10.7. The van der Waals surface area contributed by atoms with Crippen molar-refractivity contribution in [3.8, 4) is 0 Å². The average Bonchev–Trinajstić information content (AvgIpc) is 2.78. The van der Waals surface area contributed by atoms with Gasteiger partial charge in [0, 0.05) is 28.6 Å². The topological polar surface area (TPSA) is 55.2 Å². The Hall–Kier alpha value is -1.23. The standard InChI is InChI=1S/C13H18N2O2S/c1-9-6-7-10(8-12(9)15(16)17)14-11-4-3-5-13(11)18-2/h6-8,11,13-14H,3-5H2,1-2H3. The largest absolute Gasteiger partial charge is 0.381 e. The van der Waals surface area contributed by atoms with E-state index in [9.17, 15) is 10.1 Å². The number of nitrogens with zero attached hydrogens (tertiary/aromatic N) is 1. The molecule has 5 heteroatoms. The number of nitro benzene ring substituents is 1. The third-order valence-electron chi connectivity index (χ3n) is 3.51. The number of thioether (sulfide) groups is 1. The molecule has 0 amide bonds. The lowest BCUT2D eigenvalue weighted by Crippen LogP contribution is -2.25. The minimum Gasteiger partial charge on any atom is -0.381 e. The van der Waals surface area contributed by atoms with Gasteiger partial charge >= 0.3 is 0 Å². The summed E-state index contributed by atoms with van der Waals surface area (Å²) in [4.78, 5) is 10.6. The number of rotatable bonds is 4. The Balaban J connectivity index is 2.14. The molecule has 4 nitrogen and oxygen atoms in total. The maximum atomic E-state index is 10.9. The molecular weight excluding hydrogens is 248 g/mol. The molecule has 0 aliphatic heterocycles. The molecular formula is C13H18N2O2S. The van der Waals surface area contributed by atoms with Crippen LogP contribution in [0.4, 0.5) is 11.4 Å². The molecule has 18 heavy (non-hydrogen) atoms. The monoisotopic (exact) mass is 266 g/mol. The van der Waals surface area contributed by atoms with E-state index in [1.165, 1.54) is 12.8 Å². The van der Waals surface area contributed by atoms with Crippen molar-refractivity contribution < 1.29 is 4.92 Å². The summed E-state index contributed by atoms with van der Waals surface area (Å²) >= 11 is 1.88. The molecule has 2 atom stereocenters. The van der Waals surface area contributed by atoms with Gasteiger partial charge in [-0.15, -0.1) is 0 Å². The molecule has 98 valence electrons. The first-order valence-electron chi connectivity index (χ1n) is 6.16. The van der Waals surface area contributed by atoms with E-state index in [-0.39, 0.29) is 10.6 Å². The number of benzene rings is 1. The van der Waals surface area contributed by atoms with Crippen LogP contribution in [-0.2, 0) is 0 Å². The first-order chi connectivity index (χ1) is 8.61. The fourth-order valence-corrected chi connectivity index (χ4v) is 3.42. The van der Waals surface area contributed by atoms with Crippen LogP contribution in [0.25, 0.3) is 0 Å². The molecule has 0 radical (unpaired) electrons. The highest BCUT2D eigenvalue weighted by Crippen LogP contribution is 2.32. The zero-order valence-corrected chi connectivity index (χ0v) is 11.5. The molecule has 1 aliphatic rings. The lowest BCUT2D eigenvalue weighted by molar-refractivity contribution is -0.385. The van der Waals surface area contributed by atoms with Gasteiger partial charge in [-0.1, -0.05) is 12.5 Å². The Bertz CT molecular complexity index is 451. The van der Waals surface area contributed by atoms with Crippen molar-refractivity contribution in [2.45, 2.75) is 37.5 Å². The van der Waals surface area contributed by atoms with E-state index < -0.39 is 0 Å². The summed E-state index contributed by atoms with van der Waals surface area (Å²) in [5, 5.41) is 15.0. The third-order valence-corrected chi connectivity index (χ3v) is 4.68. The summed E-state index contributed by atoms with van der Waals surface area (Å²) in [6, 6.07) is 5.81. The molecule has 1 saturated carbocycles. The molecule has 2 rings (SSSR count). The maximum Gasteiger partial charge on any atom is 0.274 e. The van der Waals surface area contributed by atoms with Gasteiger partial charge in [0.1, 0.15) is 0 Å². The van der Waals surface area contributed by atoms with Crippen molar-refractivity contribution in [3.63, 3.8) is 0 Å². The Morgan fingerprint density at radius 3 is 2.89 bits per heavy atom. The Labute approximate surface area is 111 Å². The molecule has 0 bridgehead atoms. The maximum absolute atomic E-state index is 10.9. The third kappa shape index (κ3) is 2.77. The van der Waals surface area contributed by atoms with Gasteiger partial charge in [0.15, 0.2) is 0 Å². The summed E-state index contributed by atoms with van der Waals surface area (Å²) in [5.41, 5.74) is 1.76. The van der Waals surface area contributed by atoms with Gasteiger partial charge in [-0.25, -0.2) is 0 Å². The Kier molecular flexibility index (Phi) is 4.11. The second-order valence-electron chi connectivity index (χ2n) is 4.71. The molecule has 1 aromatic rings. The predicted octanol–water partition coefficient (Wildman–Crippen LogP) is 3.60. The summed E-state index contributed by atoms with van der Waals surface area (Å²) in [6.07, 6.45) is 5.74. The number of aryl methyl sites for hydroxylation is 1. The number of nitrogens with one attached hydrogen (secondary N) is 1. The number of anilines is 1. The highest BCUT2D eigenvalue weighted by molar-refractivity contribution is 7.99. The van der Waals surface area contributed by atoms with Crippen molar-refractivity contribution >= 4 is 23.1 Å². The molecule has 1 N–H and O–H groups in total. The fraction of sp³-hybridized carbons (Fsp3) is 0.538. The van der Waals surface area contributed by atoms with Crippen molar-refractivity contribution in [1.29, 1.82) is 0 Å². The first-order valence-corrected chi connectivity index (χ1v) is 7.45. The van der Waals surface area contributed by atoms with Crippen molar-refractivity contribution in [1.82, 2.24) is 0 Å². The van der Waals surface area contributed by atoms with Crippen molar-refractivity contribution in [2.75, 3.05) is 11.6 Å². The summed E-state index contributed by atoms with van der Waals surface area (Å²) < 4.78 is 0. The minimum atomic E-state index is -0.318. The van der Waals surface area contributed by atoms with Crippen LogP contribution in [0.2, 0.25) is 0 Å². The van der Waals surface area contributed by atoms with E-state index in [0.29, 0.717) is 16.9 Å². The van der Waals surface area contributed by atoms with Crippen LogP contribution in [-0.4, -0.2) is 22.5 Å². The van der Waals surface area contributed by atoms with Gasteiger partial charge in [0.25, 0.3) is 5.69 Å². The van der Waals surface area contributed by atoms with E-state index in [1.807, 2.05) is 23.9 Å². The van der Waals surface area contributed by atoms with Crippen molar-refractivity contribution in [2.24, 2.45) is 0 Å². The molecule has 0 aromatic heterocycles. The van der Waals surface area contributed by atoms with Gasteiger partial charge in [-0.3, -0.25) is 10.1 Å². The van der Waals surface area contributed by atoms with Crippen LogP contribution in [0.3, 0.4) is 0 Å². The second kappa shape index (κ2) is 5.61. The normalized spacial score (nSPS) is 23.0. The Morgan fingerprint density at radius 2 is 2.22 bits per heavy atom. The molecule has 1 aromatic carbocycles. The second-order valence-corrected chi connectivity index (χ2v) is 5.79. The molecule has 2 unspecified atom stereocenters. The van der Waals surface area contributed by atoms with E-state index in [1.54, 1.807) is 13.0 Å². The van der Waals surface area contributed by atoms with Gasteiger partial charge in [-0.05, 0) is 32.1 Å². The number of nitro groups is 1. The fourth-order valence-electron chi connectivity index (χ4n) is 2.48. The summed E-state index contributed by atoms with van der Waals surface area (Å²) in [7, 11) is 0. The van der Waals surface area contributed by atoms with Crippen LogP contribution in [0.5, 0.6) is 0 Å². The van der Waals surface area contributed by atoms with Gasteiger partial charge < -0.3 is 5.32 Å². The van der Waals surface area contributed by atoms with Crippen LogP contribution < -0.4 is 5.32 Å². The lowest BCUT2D eigenvalue weighted by Gasteiger charge is -2.20. The van der Waals surface area contributed by atoms with E-state index in [2.05, 4.69) is 11.6 Å². The van der Waals surface area contributed by atoms with Crippen LogP contribution in [0, 0.1) is 17.0 Å². The van der Waals surface area contributed by atoms with Gasteiger partial charge in [0.2, 0.25) is 0 Å². The predicted molar refractivity (Wildman–Crippen MR) is 76.4 cm³/mol. The lowest BCUT2D eigenvalue weighted by atomic mass is 10.1. The molecule has 0 spiro atoms. The van der Waals surface area contributed by atoms with Gasteiger partial charge in [0.05, 0.1) is 4.92 Å². The summed E-state index contributed by atoms with van der Waals surface area (Å²) in [5.74, 6) is 0. The first kappa shape index (κ1) is 13.2. The summed E-state index contributed by atoms with van der Waals surface area (Å²) in [6.45, 7) is 1.77. The van der Waals surface area contributed by atoms with Crippen LogP contribution in [0.1, 0.15) is 24.8 Å². The zero-order chi connectivity index (χ0) is 13.1. The quantitative estimate of drug-likeness (QED) is 0.668. The highest BCUT2D eigenvalue weighted by Gasteiger charge is 2.26. The van der Waals surface area contributed by atoms with Crippen LogP contribution in [0.15, 0.2) is 18.2 Å². The number of hydrogen-bond acceptors (Lipinski definition) is 4. The van der Waals surface area contributed by atoms with E-state index >= 15 is 0 Å². The molecule has 0 saturated heterocycles. The average molecular weight is 266 g/mol. The Morgan fingerprint density at radius 1 is 1.44 bits per heavy atom. The smallest absolute Gasteiger partial charge is 0.274 e.